The van der Waals surface area contributed by atoms with Gasteiger partial charge in [-0.25, -0.2) is 4.98 Å². The molecule has 4 aliphatic heterocycles. The summed E-state index contributed by atoms with van der Waals surface area (Å²) in [6.45, 7) is 5.97. The van der Waals surface area contributed by atoms with E-state index in [4.69, 9.17) is 4.74 Å². The normalized spacial score (nSPS) is 42.5. The van der Waals surface area contributed by atoms with Crippen LogP contribution >= 0.6 is 0 Å². The fraction of sp³-hybridized carbons (Fsp3) is 0.643. The molecule has 3 heteroatoms. The molecule has 5 heterocycles. The van der Waals surface area contributed by atoms with Crippen molar-refractivity contribution in [2.45, 2.75) is 25.4 Å². The first kappa shape index (κ1) is 9.89. The van der Waals surface area contributed by atoms with E-state index in [1.54, 1.807) is 0 Å². The van der Waals surface area contributed by atoms with E-state index in [0.29, 0.717) is 5.92 Å². The molecule has 1 aromatic heterocycles. The van der Waals surface area contributed by atoms with Crippen LogP contribution in [-0.4, -0.2) is 35.1 Å². The van der Waals surface area contributed by atoms with Crippen LogP contribution in [0, 0.1) is 11.8 Å². The maximum atomic E-state index is 6.29. The van der Waals surface area contributed by atoms with Crippen molar-refractivity contribution < 1.29 is 4.74 Å². The Bertz CT molecular complexity index is 434. The van der Waals surface area contributed by atoms with E-state index in [1.165, 1.54) is 25.1 Å². The molecule has 3 saturated heterocycles. The fourth-order valence-electron chi connectivity index (χ4n) is 4.15. The number of aromatic nitrogens is 1. The van der Waals surface area contributed by atoms with Crippen LogP contribution < -0.4 is 4.74 Å². The molecule has 4 aliphatic rings. The summed E-state index contributed by atoms with van der Waals surface area (Å²) >= 11 is 0. The highest BCUT2D eigenvalue weighted by molar-refractivity contribution is 5.34. The molecule has 5 rings (SSSR count). The third-order valence-corrected chi connectivity index (χ3v) is 4.80. The average Bonchev–Trinajstić information content (AvgIpc) is 2.66. The predicted molar refractivity (Wildman–Crippen MR) is 65.0 cm³/mol. The van der Waals surface area contributed by atoms with Crippen LogP contribution in [0.15, 0.2) is 18.3 Å². The SMILES string of the molecule is CC1CN2CCC1C1(Cc3cccnc3O1)C2. The van der Waals surface area contributed by atoms with Crippen molar-refractivity contribution in [2.75, 3.05) is 19.6 Å². The Morgan fingerprint density at radius 1 is 1.53 bits per heavy atom. The standard InChI is InChI=1S/C14H18N2O/c1-10-8-16-6-4-12(10)14(9-16)7-11-3-2-5-15-13(11)17-14/h2-3,5,10,12H,4,6-9H2,1H3. The molecule has 17 heavy (non-hydrogen) atoms. The van der Waals surface area contributed by atoms with Crippen LogP contribution in [0.3, 0.4) is 0 Å². The van der Waals surface area contributed by atoms with Gasteiger partial charge in [0.15, 0.2) is 0 Å². The predicted octanol–water partition coefficient (Wildman–Crippen LogP) is 1.73. The molecule has 90 valence electrons. The summed E-state index contributed by atoms with van der Waals surface area (Å²) in [5.41, 5.74) is 1.33. The summed E-state index contributed by atoms with van der Waals surface area (Å²) in [6, 6.07) is 4.19. The van der Waals surface area contributed by atoms with E-state index < -0.39 is 0 Å². The van der Waals surface area contributed by atoms with Gasteiger partial charge in [0.2, 0.25) is 5.88 Å². The minimum atomic E-state index is 0.0343. The van der Waals surface area contributed by atoms with Crippen LogP contribution in [0.2, 0.25) is 0 Å². The van der Waals surface area contributed by atoms with E-state index in [0.717, 1.165) is 24.8 Å². The number of rotatable bonds is 0. The van der Waals surface area contributed by atoms with Crippen LogP contribution in [0.25, 0.3) is 0 Å². The lowest BCUT2D eigenvalue weighted by atomic mass is 9.68. The Morgan fingerprint density at radius 3 is 3.24 bits per heavy atom. The van der Waals surface area contributed by atoms with Gasteiger partial charge in [-0.1, -0.05) is 13.0 Å². The number of ether oxygens (including phenoxy) is 1. The summed E-state index contributed by atoms with van der Waals surface area (Å²) in [6.07, 6.45) is 4.18. The molecule has 0 aliphatic carbocycles. The monoisotopic (exact) mass is 230 g/mol. The van der Waals surface area contributed by atoms with Gasteiger partial charge in [-0.2, -0.15) is 0 Å². The Kier molecular flexibility index (Phi) is 1.88. The van der Waals surface area contributed by atoms with Crippen molar-refractivity contribution in [1.82, 2.24) is 9.88 Å². The maximum absolute atomic E-state index is 6.29. The highest BCUT2D eigenvalue weighted by atomic mass is 16.5. The Labute approximate surface area is 102 Å². The number of hydrogen-bond donors (Lipinski definition) is 0. The molecule has 4 unspecified atom stereocenters. The highest BCUT2D eigenvalue weighted by Gasteiger charge is 2.54. The number of nitrogens with zero attached hydrogens (tertiary/aromatic N) is 2. The minimum Gasteiger partial charge on any atom is -0.469 e. The van der Waals surface area contributed by atoms with Crippen LogP contribution in [-0.2, 0) is 6.42 Å². The first-order valence-corrected chi connectivity index (χ1v) is 6.62. The summed E-state index contributed by atoms with van der Waals surface area (Å²) in [5, 5.41) is 0. The molecule has 4 atom stereocenters. The van der Waals surface area contributed by atoms with Gasteiger partial charge >= 0.3 is 0 Å². The average molecular weight is 230 g/mol. The van der Waals surface area contributed by atoms with Gasteiger partial charge in [-0.05, 0) is 24.9 Å². The molecule has 1 spiro atoms. The van der Waals surface area contributed by atoms with Crippen molar-refractivity contribution in [2.24, 2.45) is 11.8 Å². The number of fused-ring (bicyclic) bond motifs is 3. The molecule has 0 aromatic carbocycles. The lowest BCUT2D eigenvalue weighted by molar-refractivity contribution is -0.108. The first-order valence-electron chi connectivity index (χ1n) is 6.62. The van der Waals surface area contributed by atoms with Crippen molar-refractivity contribution >= 4 is 0 Å². The fourth-order valence-corrected chi connectivity index (χ4v) is 4.15. The zero-order valence-electron chi connectivity index (χ0n) is 10.2. The Morgan fingerprint density at radius 2 is 2.47 bits per heavy atom. The molecule has 0 amide bonds. The van der Waals surface area contributed by atoms with Gasteiger partial charge in [0, 0.05) is 37.2 Å². The highest BCUT2D eigenvalue weighted by Crippen LogP contribution is 2.47. The summed E-state index contributed by atoms with van der Waals surface area (Å²) in [4.78, 5) is 6.94. The second-order valence-electron chi connectivity index (χ2n) is 5.92. The third-order valence-electron chi connectivity index (χ3n) is 4.80. The zero-order valence-corrected chi connectivity index (χ0v) is 10.2. The van der Waals surface area contributed by atoms with Crippen molar-refractivity contribution in [3.8, 4) is 5.88 Å². The zero-order chi connectivity index (χ0) is 11.5. The summed E-state index contributed by atoms with van der Waals surface area (Å²) in [5.74, 6) is 2.35. The number of pyridine rings is 1. The lowest BCUT2D eigenvalue weighted by Crippen LogP contribution is -2.64. The molecule has 0 radical (unpaired) electrons. The van der Waals surface area contributed by atoms with E-state index in [1.807, 2.05) is 12.3 Å². The van der Waals surface area contributed by atoms with Crippen molar-refractivity contribution in [1.29, 1.82) is 0 Å². The molecule has 0 N–H and O–H groups in total. The number of piperidine rings is 3. The molecule has 3 nitrogen and oxygen atoms in total. The topological polar surface area (TPSA) is 25.4 Å². The van der Waals surface area contributed by atoms with Gasteiger partial charge in [0.05, 0.1) is 0 Å². The van der Waals surface area contributed by atoms with Crippen LogP contribution in [0.1, 0.15) is 18.9 Å². The molecular weight excluding hydrogens is 212 g/mol. The molecular formula is C14H18N2O. The second kappa shape index (κ2) is 3.22. The van der Waals surface area contributed by atoms with E-state index in [9.17, 15) is 0 Å². The van der Waals surface area contributed by atoms with Gasteiger partial charge in [-0.3, -0.25) is 4.90 Å². The van der Waals surface area contributed by atoms with Crippen molar-refractivity contribution in [3.05, 3.63) is 23.9 Å². The second-order valence-corrected chi connectivity index (χ2v) is 5.92. The largest absolute Gasteiger partial charge is 0.469 e. The van der Waals surface area contributed by atoms with E-state index in [-0.39, 0.29) is 5.60 Å². The third kappa shape index (κ3) is 1.29. The molecule has 3 fully saturated rings. The maximum Gasteiger partial charge on any atom is 0.217 e. The lowest BCUT2D eigenvalue weighted by Gasteiger charge is -2.53. The molecule has 1 aromatic rings. The quantitative estimate of drug-likeness (QED) is 0.678. The minimum absolute atomic E-state index is 0.0343. The van der Waals surface area contributed by atoms with Gasteiger partial charge in [-0.15, -0.1) is 0 Å². The Balaban J connectivity index is 1.72. The van der Waals surface area contributed by atoms with Gasteiger partial charge in [0.25, 0.3) is 0 Å². The van der Waals surface area contributed by atoms with Crippen LogP contribution in [0.4, 0.5) is 0 Å². The van der Waals surface area contributed by atoms with Gasteiger partial charge in [0.1, 0.15) is 5.60 Å². The van der Waals surface area contributed by atoms with E-state index in [2.05, 4.69) is 22.9 Å². The Hall–Kier alpha value is -1.09. The molecule has 2 bridgehead atoms. The van der Waals surface area contributed by atoms with E-state index >= 15 is 0 Å². The first-order chi connectivity index (χ1) is 8.27. The number of hydrogen-bond acceptors (Lipinski definition) is 3. The molecule has 0 saturated carbocycles. The summed E-state index contributed by atoms with van der Waals surface area (Å²) < 4.78 is 6.29. The smallest absolute Gasteiger partial charge is 0.217 e. The summed E-state index contributed by atoms with van der Waals surface area (Å²) in [7, 11) is 0. The van der Waals surface area contributed by atoms with Crippen LogP contribution in [0.5, 0.6) is 5.88 Å². The van der Waals surface area contributed by atoms with Crippen molar-refractivity contribution in [3.63, 3.8) is 0 Å². The van der Waals surface area contributed by atoms with Gasteiger partial charge < -0.3 is 4.74 Å².